The number of hydrogen-bond acceptors (Lipinski definition) is 4. The number of nitrogens with zero attached hydrogens (tertiary/aromatic N) is 4. The van der Waals surface area contributed by atoms with Crippen LogP contribution in [0.3, 0.4) is 0 Å². The zero-order chi connectivity index (χ0) is 24.4. The highest BCUT2D eigenvalue weighted by molar-refractivity contribution is 5.83. The van der Waals surface area contributed by atoms with Crippen molar-refractivity contribution in [3.05, 3.63) is 88.1 Å². The largest absolute Gasteiger partial charge is 0.361 e. The minimum absolute atomic E-state index is 0.0918. The van der Waals surface area contributed by atoms with Gasteiger partial charge in [0.05, 0.1) is 11.4 Å². The van der Waals surface area contributed by atoms with Crippen LogP contribution in [0.5, 0.6) is 0 Å². The second kappa shape index (κ2) is 9.58. The van der Waals surface area contributed by atoms with Crippen LogP contribution >= 0.6 is 0 Å². The summed E-state index contributed by atoms with van der Waals surface area (Å²) in [6, 6.07) is 17.8. The van der Waals surface area contributed by atoms with Gasteiger partial charge in [0.15, 0.2) is 5.65 Å². The molecule has 0 aliphatic heterocycles. The van der Waals surface area contributed by atoms with Gasteiger partial charge >= 0.3 is 0 Å². The summed E-state index contributed by atoms with van der Waals surface area (Å²) < 4.78 is 3.46. The number of aromatic nitrogens is 5. The predicted molar refractivity (Wildman–Crippen MR) is 137 cm³/mol. The van der Waals surface area contributed by atoms with Crippen molar-refractivity contribution in [1.29, 1.82) is 0 Å². The average molecular weight is 469 g/mol. The third kappa shape index (κ3) is 4.35. The number of carbonyl (C=O) groups excluding carboxylic acids is 1. The number of fused-ring (bicyclic) bond motifs is 2. The van der Waals surface area contributed by atoms with Crippen molar-refractivity contribution in [2.45, 2.75) is 39.7 Å². The Labute approximate surface area is 202 Å². The molecule has 0 saturated heterocycles. The second-order valence-corrected chi connectivity index (χ2v) is 8.57. The topological polar surface area (TPSA) is 97.6 Å². The van der Waals surface area contributed by atoms with Crippen LogP contribution in [0, 0.1) is 6.92 Å². The fraction of sp³-hybridized carbons (Fsp3) is 0.259. The van der Waals surface area contributed by atoms with E-state index in [1.54, 1.807) is 9.25 Å². The number of para-hydroxylation sites is 2. The molecule has 0 saturated carbocycles. The third-order valence-corrected chi connectivity index (χ3v) is 6.30. The maximum atomic E-state index is 13.2. The monoisotopic (exact) mass is 468 g/mol. The summed E-state index contributed by atoms with van der Waals surface area (Å²) in [4.78, 5) is 33.7. The van der Waals surface area contributed by atoms with Crippen molar-refractivity contribution in [3.8, 4) is 5.69 Å². The number of amides is 1. The molecule has 0 aliphatic rings. The Morgan fingerprint density at radius 2 is 1.83 bits per heavy atom. The number of benzene rings is 2. The first-order valence-corrected chi connectivity index (χ1v) is 11.9. The van der Waals surface area contributed by atoms with Crippen LogP contribution < -0.4 is 10.9 Å². The molecule has 3 heterocycles. The lowest BCUT2D eigenvalue weighted by molar-refractivity contribution is -0.121. The summed E-state index contributed by atoms with van der Waals surface area (Å²) in [6.45, 7) is 4.84. The molecular weight excluding hydrogens is 440 g/mol. The number of carbonyl (C=O) groups is 1. The van der Waals surface area contributed by atoms with Gasteiger partial charge in [-0.1, -0.05) is 36.4 Å². The molecule has 0 unspecified atom stereocenters. The zero-order valence-corrected chi connectivity index (χ0v) is 19.9. The molecule has 5 aromatic rings. The molecule has 5 rings (SSSR count). The Hall–Kier alpha value is -4.20. The summed E-state index contributed by atoms with van der Waals surface area (Å²) in [5, 5.41) is 8.79. The van der Waals surface area contributed by atoms with E-state index in [-0.39, 0.29) is 24.3 Å². The highest BCUT2D eigenvalue weighted by Crippen LogP contribution is 2.20. The number of aromatic amines is 1. The van der Waals surface area contributed by atoms with Crippen LogP contribution in [-0.2, 0) is 24.2 Å². The molecule has 0 aliphatic carbocycles. The lowest BCUT2D eigenvalue weighted by Gasteiger charge is -2.11. The van der Waals surface area contributed by atoms with Crippen molar-refractivity contribution < 1.29 is 4.79 Å². The van der Waals surface area contributed by atoms with E-state index in [9.17, 15) is 9.59 Å². The lowest BCUT2D eigenvalue weighted by Crippen LogP contribution is -2.29. The standard InChI is InChI=1S/C27H28N6O2/c1-3-32-26-25(18(2)31-33(26)20-9-5-4-6-10-20)30-23(27(32)35)13-14-24(34)28-16-15-19-17-29-22-12-8-7-11-21(19)22/h4-12,17,29H,3,13-16H2,1-2H3,(H,28,34). The number of rotatable bonds is 8. The molecule has 0 radical (unpaired) electrons. The van der Waals surface area contributed by atoms with E-state index in [0.717, 1.165) is 23.3 Å². The first-order chi connectivity index (χ1) is 17.1. The van der Waals surface area contributed by atoms with E-state index < -0.39 is 0 Å². The van der Waals surface area contributed by atoms with Gasteiger partial charge in [0, 0.05) is 43.0 Å². The summed E-state index contributed by atoms with van der Waals surface area (Å²) in [5.74, 6) is -0.0918. The van der Waals surface area contributed by atoms with Gasteiger partial charge in [-0.15, -0.1) is 0 Å². The van der Waals surface area contributed by atoms with Gasteiger partial charge in [-0.3, -0.25) is 14.2 Å². The average Bonchev–Trinajstić information content (AvgIpc) is 3.44. The van der Waals surface area contributed by atoms with Gasteiger partial charge in [0.25, 0.3) is 5.56 Å². The molecule has 2 N–H and O–H groups in total. The third-order valence-electron chi connectivity index (χ3n) is 6.30. The molecule has 8 nitrogen and oxygen atoms in total. The summed E-state index contributed by atoms with van der Waals surface area (Å²) >= 11 is 0. The van der Waals surface area contributed by atoms with E-state index in [1.807, 2.05) is 68.6 Å². The van der Waals surface area contributed by atoms with Gasteiger partial charge in [0.1, 0.15) is 11.2 Å². The van der Waals surface area contributed by atoms with Crippen LogP contribution in [0.2, 0.25) is 0 Å². The number of hydrogen-bond donors (Lipinski definition) is 2. The van der Waals surface area contributed by atoms with E-state index in [2.05, 4.69) is 26.4 Å². The van der Waals surface area contributed by atoms with Gasteiger partial charge in [-0.25, -0.2) is 9.67 Å². The molecule has 178 valence electrons. The van der Waals surface area contributed by atoms with E-state index in [1.165, 1.54) is 10.9 Å². The van der Waals surface area contributed by atoms with Gasteiger partial charge in [-0.05, 0) is 44.0 Å². The van der Waals surface area contributed by atoms with Crippen molar-refractivity contribution >= 4 is 28.0 Å². The fourth-order valence-corrected chi connectivity index (χ4v) is 4.52. The minimum Gasteiger partial charge on any atom is -0.361 e. The van der Waals surface area contributed by atoms with Crippen LogP contribution in [0.15, 0.2) is 65.6 Å². The molecule has 1 amide bonds. The van der Waals surface area contributed by atoms with Crippen LogP contribution in [0.4, 0.5) is 0 Å². The Bertz CT molecular complexity index is 1560. The molecule has 0 spiro atoms. The van der Waals surface area contributed by atoms with Crippen molar-refractivity contribution in [1.82, 2.24) is 29.6 Å². The van der Waals surface area contributed by atoms with Crippen molar-refractivity contribution in [2.75, 3.05) is 6.54 Å². The maximum absolute atomic E-state index is 13.2. The SMILES string of the molecule is CCn1c(=O)c(CCC(=O)NCCc2c[nH]c3ccccc23)nc2c(C)nn(-c3ccccc3)c21. The Morgan fingerprint density at radius 1 is 1.06 bits per heavy atom. The number of nitrogens with one attached hydrogen (secondary N) is 2. The molecule has 2 aromatic carbocycles. The van der Waals surface area contributed by atoms with Crippen LogP contribution in [0.1, 0.15) is 30.3 Å². The normalized spacial score (nSPS) is 11.4. The Morgan fingerprint density at radius 3 is 2.63 bits per heavy atom. The summed E-state index contributed by atoms with van der Waals surface area (Å²) in [6.07, 6.45) is 3.21. The van der Waals surface area contributed by atoms with E-state index in [4.69, 9.17) is 0 Å². The molecule has 3 aromatic heterocycles. The van der Waals surface area contributed by atoms with Gasteiger partial charge in [0.2, 0.25) is 5.91 Å². The lowest BCUT2D eigenvalue weighted by atomic mass is 10.1. The van der Waals surface area contributed by atoms with E-state index in [0.29, 0.717) is 29.9 Å². The first-order valence-electron chi connectivity index (χ1n) is 11.9. The highest BCUT2D eigenvalue weighted by atomic mass is 16.1. The molecule has 0 atom stereocenters. The summed E-state index contributed by atoms with van der Waals surface area (Å²) in [5.41, 5.74) is 5.45. The van der Waals surface area contributed by atoms with Crippen LogP contribution in [0.25, 0.3) is 27.8 Å². The molecule has 0 fully saturated rings. The molecule has 0 bridgehead atoms. The number of aryl methyl sites for hydroxylation is 3. The van der Waals surface area contributed by atoms with Gasteiger partial charge < -0.3 is 10.3 Å². The highest BCUT2D eigenvalue weighted by Gasteiger charge is 2.19. The second-order valence-electron chi connectivity index (χ2n) is 8.57. The van der Waals surface area contributed by atoms with E-state index >= 15 is 0 Å². The minimum atomic E-state index is -0.177. The number of H-pyrrole nitrogens is 1. The maximum Gasteiger partial charge on any atom is 0.273 e. The Balaban J connectivity index is 1.30. The molecular formula is C27H28N6O2. The van der Waals surface area contributed by atoms with Crippen molar-refractivity contribution in [2.24, 2.45) is 0 Å². The van der Waals surface area contributed by atoms with Crippen LogP contribution in [-0.4, -0.2) is 36.8 Å². The van der Waals surface area contributed by atoms with Gasteiger partial charge in [-0.2, -0.15) is 5.10 Å². The first kappa shape index (κ1) is 22.6. The fourth-order valence-electron chi connectivity index (χ4n) is 4.52. The smallest absolute Gasteiger partial charge is 0.273 e. The van der Waals surface area contributed by atoms with Crippen molar-refractivity contribution in [3.63, 3.8) is 0 Å². The quantitative estimate of drug-likeness (QED) is 0.363. The Kier molecular flexibility index (Phi) is 6.18. The molecule has 8 heteroatoms. The zero-order valence-electron chi connectivity index (χ0n) is 19.9. The molecule has 35 heavy (non-hydrogen) atoms. The predicted octanol–water partition coefficient (Wildman–Crippen LogP) is 3.68. The summed E-state index contributed by atoms with van der Waals surface area (Å²) in [7, 11) is 0.